The molecule has 1 unspecified atom stereocenters. The van der Waals surface area contributed by atoms with Gasteiger partial charge in [0.2, 0.25) is 6.10 Å². The zero-order chi connectivity index (χ0) is 22.4. The van der Waals surface area contributed by atoms with Crippen LogP contribution in [0.25, 0.3) is 0 Å². The molecule has 1 saturated heterocycles. The molecule has 0 aromatic rings. The molecule has 0 bridgehead atoms. The van der Waals surface area contributed by atoms with E-state index in [0.29, 0.717) is 12.8 Å². The standard InChI is InChI=1S/C22H36O8/c1-3-5-7-9-11-13-17(24)28-16(15-23)20-21(19(26)22(27)30-20)29-18(25)14-12-10-8-6-4-2/h16,20-21,23H,3-15H2,1-2H3/t16-,20+,21?/m0/s1. The summed E-state index contributed by atoms with van der Waals surface area (Å²) in [6, 6.07) is 0. The van der Waals surface area contributed by atoms with E-state index in [1.54, 1.807) is 0 Å². The molecule has 1 fully saturated rings. The molecule has 1 aliphatic heterocycles. The van der Waals surface area contributed by atoms with Crippen molar-refractivity contribution >= 4 is 23.7 Å². The molecule has 30 heavy (non-hydrogen) atoms. The van der Waals surface area contributed by atoms with E-state index in [9.17, 15) is 24.3 Å². The quantitative estimate of drug-likeness (QED) is 0.173. The first-order chi connectivity index (χ1) is 14.4. The molecule has 1 aliphatic rings. The second kappa shape index (κ2) is 14.9. The van der Waals surface area contributed by atoms with Crippen molar-refractivity contribution in [3.8, 4) is 0 Å². The van der Waals surface area contributed by atoms with Gasteiger partial charge in [0.25, 0.3) is 5.78 Å². The fourth-order valence-electron chi connectivity index (χ4n) is 3.28. The fraction of sp³-hybridized carbons (Fsp3) is 0.818. The van der Waals surface area contributed by atoms with Crippen LogP contribution in [0.3, 0.4) is 0 Å². The Balaban J connectivity index is 2.55. The highest BCUT2D eigenvalue weighted by Gasteiger charge is 2.51. The highest BCUT2D eigenvalue weighted by molar-refractivity contribution is 6.37. The van der Waals surface area contributed by atoms with Crippen LogP contribution < -0.4 is 0 Å². The van der Waals surface area contributed by atoms with Crippen molar-refractivity contribution in [3.63, 3.8) is 0 Å². The number of carbonyl (C=O) groups excluding carboxylic acids is 4. The molecule has 3 atom stereocenters. The van der Waals surface area contributed by atoms with Gasteiger partial charge in [0, 0.05) is 12.8 Å². The topological polar surface area (TPSA) is 116 Å². The summed E-state index contributed by atoms with van der Waals surface area (Å²) >= 11 is 0. The van der Waals surface area contributed by atoms with Gasteiger partial charge in [-0.3, -0.25) is 14.4 Å². The molecule has 0 spiro atoms. The minimum absolute atomic E-state index is 0.121. The van der Waals surface area contributed by atoms with E-state index in [4.69, 9.17) is 14.2 Å². The summed E-state index contributed by atoms with van der Waals surface area (Å²) in [5.74, 6) is -3.34. The molecule has 0 aromatic carbocycles. The lowest BCUT2D eigenvalue weighted by atomic mass is 10.1. The van der Waals surface area contributed by atoms with Gasteiger partial charge in [0.05, 0.1) is 6.61 Å². The number of esters is 3. The summed E-state index contributed by atoms with van der Waals surface area (Å²) in [4.78, 5) is 47.9. The van der Waals surface area contributed by atoms with Crippen LogP contribution in [-0.2, 0) is 33.4 Å². The Morgan fingerprint density at radius 1 is 0.900 bits per heavy atom. The van der Waals surface area contributed by atoms with Crippen molar-refractivity contribution in [2.45, 2.75) is 109 Å². The van der Waals surface area contributed by atoms with Crippen LogP contribution in [0, 0.1) is 0 Å². The van der Waals surface area contributed by atoms with Crippen LogP contribution in [-0.4, -0.2) is 53.7 Å². The molecule has 8 nitrogen and oxygen atoms in total. The van der Waals surface area contributed by atoms with E-state index in [0.717, 1.165) is 51.4 Å². The van der Waals surface area contributed by atoms with Gasteiger partial charge in [-0.15, -0.1) is 0 Å². The third-order valence-electron chi connectivity index (χ3n) is 5.06. The predicted octanol–water partition coefficient (Wildman–Crippen LogP) is 3.02. The number of Topliss-reactive ketones (excluding diaryl/α,β-unsaturated/α-hetero) is 1. The number of ketones is 1. The van der Waals surface area contributed by atoms with Crippen molar-refractivity contribution in [1.29, 1.82) is 0 Å². The highest BCUT2D eigenvalue weighted by Crippen LogP contribution is 2.22. The molecule has 0 saturated carbocycles. The van der Waals surface area contributed by atoms with Gasteiger partial charge in [-0.25, -0.2) is 4.79 Å². The third kappa shape index (κ3) is 9.24. The first-order valence-electron chi connectivity index (χ1n) is 11.2. The molecular weight excluding hydrogens is 392 g/mol. The minimum Gasteiger partial charge on any atom is -0.456 e. The summed E-state index contributed by atoms with van der Waals surface area (Å²) < 4.78 is 15.3. The fourth-order valence-corrected chi connectivity index (χ4v) is 3.28. The SMILES string of the molecule is CCCCCCCC(=O)OC1C(=O)C(=O)O[C@@H]1[C@H](CO)OC(=O)CCCCCCC. The number of ether oxygens (including phenoxy) is 3. The molecule has 1 rings (SSSR count). The Hall–Kier alpha value is -1.96. The van der Waals surface area contributed by atoms with Gasteiger partial charge < -0.3 is 19.3 Å². The lowest BCUT2D eigenvalue weighted by molar-refractivity contribution is -0.173. The van der Waals surface area contributed by atoms with Gasteiger partial charge in [-0.05, 0) is 12.8 Å². The van der Waals surface area contributed by atoms with Crippen LogP contribution in [0.2, 0.25) is 0 Å². The summed E-state index contributed by atoms with van der Waals surface area (Å²) in [6.45, 7) is 3.53. The summed E-state index contributed by atoms with van der Waals surface area (Å²) in [5.41, 5.74) is 0. The van der Waals surface area contributed by atoms with Crippen LogP contribution in [0.15, 0.2) is 0 Å². The summed E-state index contributed by atoms with van der Waals surface area (Å²) in [6.07, 6.45) is 5.62. The third-order valence-corrected chi connectivity index (χ3v) is 5.06. The minimum atomic E-state index is -1.50. The lowest BCUT2D eigenvalue weighted by Gasteiger charge is -2.24. The molecule has 8 heteroatoms. The molecular formula is C22H36O8. The maximum Gasteiger partial charge on any atom is 0.379 e. The largest absolute Gasteiger partial charge is 0.456 e. The Labute approximate surface area is 178 Å². The normalized spacial score (nSPS) is 19.4. The van der Waals surface area contributed by atoms with E-state index in [1.165, 1.54) is 0 Å². The summed E-state index contributed by atoms with van der Waals surface area (Å²) in [5, 5.41) is 9.60. The van der Waals surface area contributed by atoms with Crippen molar-refractivity contribution in [3.05, 3.63) is 0 Å². The van der Waals surface area contributed by atoms with Crippen LogP contribution in [0.5, 0.6) is 0 Å². The number of hydrogen-bond donors (Lipinski definition) is 1. The zero-order valence-electron chi connectivity index (χ0n) is 18.2. The summed E-state index contributed by atoms with van der Waals surface area (Å²) in [7, 11) is 0. The molecule has 0 amide bonds. The van der Waals surface area contributed by atoms with Crippen molar-refractivity contribution < 1.29 is 38.5 Å². The molecule has 0 aliphatic carbocycles. The maximum absolute atomic E-state index is 12.1. The van der Waals surface area contributed by atoms with E-state index in [2.05, 4.69) is 13.8 Å². The number of unbranched alkanes of at least 4 members (excludes halogenated alkanes) is 8. The van der Waals surface area contributed by atoms with Crippen LogP contribution >= 0.6 is 0 Å². The molecule has 1 N–H and O–H groups in total. The Morgan fingerprint density at radius 2 is 1.43 bits per heavy atom. The molecule has 0 aromatic heterocycles. The van der Waals surface area contributed by atoms with E-state index >= 15 is 0 Å². The first-order valence-corrected chi connectivity index (χ1v) is 11.2. The van der Waals surface area contributed by atoms with Crippen LogP contribution in [0.4, 0.5) is 0 Å². The number of aliphatic hydroxyl groups excluding tert-OH is 1. The van der Waals surface area contributed by atoms with Crippen LogP contribution in [0.1, 0.15) is 90.9 Å². The lowest BCUT2D eigenvalue weighted by Crippen LogP contribution is -2.44. The van der Waals surface area contributed by atoms with E-state index in [-0.39, 0.29) is 12.8 Å². The first kappa shape index (κ1) is 26.1. The van der Waals surface area contributed by atoms with Crippen molar-refractivity contribution in [1.82, 2.24) is 0 Å². The smallest absolute Gasteiger partial charge is 0.379 e. The van der Waals surface area contributed by atoms with Gasteiger partial charge in [0.1, 0.15) is 0 Å². The Morgan fingerprint density at radius 3 is 1.97 bits per heavy atom. The number of cyclic esters (lactones) is 1. The van der Waals surface area contributed by atoms with Crippen molar-refractivity contribution in [2.75, 3.05) is 6.61 Å². The van der Waals surface area contributed by atoms with Gasteiger partial charge in [0.15, 0.2) is 12.2 Å². The van der Waals surface area contributed by atoms with E-state index < -0.39 is 48.6 Å². The number of rotatable bonds is 16. The second-order valence-electron chi connectivity index (χ2n) is 7.68. The van der Waals surface area contributed by atoms with Crippen molar-refractivity contribution in [2.24, 2.45) is 0 Å². The monoisotopic (exact) mass is 428 g/mol. The van der Waals surface area contributed by atoms with Gasteiger partial charge in [-0.1, -0.05) is 65.2 Å². The average Bonchev–Trinajstić information content (AvgIpc) is 3.00. The molecule has 1 heterocycles. The van der Waals surface area contributed by atoms with Gasteiger partial charge in [-0.2, -0.15) is 0 Å². The molecule has 0 radical (unpaired) electrons. The Kier molecular flexibility index (Phi) is 13.0. The predicted molar refractivity (Wildman–Crippen MR) is 108 cm³/mol. The average molecular weight is 429 g/mol. The number of aliphatic hydroxyl groups is 1. The second-order valence-corrected chi connectivity index (χ2v) is 7.68. The Bertz CT molecular complexity index is 559. The maximum atomic E-state index is 12.1. The number of hydrogen-bond acceptors (Lipinski definition) is 8. The number of carbonyl (C=O) groups is 4. The zero-order valence-corrected chi connectivity index (χ0v) is 18.2. The van der Waals surface area contributed by atoms with E-state index in [1.807, 2.05) is 0 Å². The van der Waals surface area contributed by atoms with Gasteiger partial charge >= 0.3 is 17.9 Å². The highest BCUT2D eigenvalue weighted by atomic mass is 16.6. The molecule has 172 valence electrons.